The van der Waals surface area contributed by atoms with Crippen molar-refractivity contribution in [3.05, 3.63) is 81.8 Å². The average molecular weight is 408 g/mol. The minimum absolute atomic E-state index is 0.148. The van der Waals surface area contributed by atoms with Crippen LogP contribution in [0.4, 0.5) is 0 Å². The van der Waals surface area contributed by atoms with E-state index < -0.39 is 0 Å². The van der Waals surface area contributed by atoms with Gasteiger partial charge in [-0.1, -0.05) is 42.5 Å². The van der Waals surface area contributed by atoms with Crippen LogP contribution in [-0.2, 0) is 6.54 Å². The van der Waals surface area contributed by atoms with Gasteiger partial charge in [-0.15, -0.1) is 0 Å². The molecular formula is C23H25N3O2S. The highest BCUT2D eigenvalue weighted by Gasteiger charge is 2.17. The van der Waals surface area contributed by atoms with Crippen molar-refractivity contribution in [2.75, 3.05) is 24.6 Å². The number of hydrogen-bond donors (Lipinski definition) is 2. The molecule has 4 rings (SSSR count). The lowest BCUT2D eigenvalue weighted by atomic mass is 9.99. The van der Waals surface area contributed by atoms with E-state index in [1.54, 1.807) is 6.07 Å². The van der Waals surface area contributed by atoms with Crippen LogP contribution in [0.25, 0.3) is 10.8 Å². The summed E-state index contributed by atoms with van der Waals surface area (Å²) in [6.45, 7) is 4.70. The molecule has 1 unspecified atom stereocenters. The molecule has 1 aliphatic rings. The van der Waals surface area contributed by atoms with Crippen molar-refractivity contribution < 1.29 is 4.79 Å². The maximum Gasteiger partial charge on any atom is 0.261 e. The van der Waals surface area contributed by atoms with Gasteiger partial charge in [0.25, 0.3) is 11.5 Å². The van der Waals surface area contributed by atoms with E-state index in [0.29, 0.717) is 6.54 Å². The number of carbonyl (C=O) groups excluding carboxylic acids is 1. The first-order valence-corrected chi connectivity index (χ1v) is 11.1. The molecule has 29 heavy (non-hydrogen) atoms. The Hall–Kier alpha value is -2.57. The SMILES string of the molecule is CC(NC(=O)c1ccc(CN2CCSCC2)[nH]c1=O)c1cccc2ccccc12. The molecule has 1 amide bonds. The Morgan fingerprint density at radius 2 is 1.86 bits per heavy atom. The Bertz CT molecular complexity index is 1070. The normalized spacial score (nSPS) is 15.9. The molecule has 2 aromatic carbocycles. The predicted molar refractivity (Wildman–Crippen MR) is 119 cm³/mol. The van der Waals surface area contributed by atoms with E-state index in [-0.39, 0.29) is 23.1 Å². The summed E-state index contributed by atoms with van der Waals surface area (Å²) >= 11 is 1.96. The number of carbonyl (C=O) groups is 1. The van der Waals surface area contributed by atoms with Gasteiger partial charge in [-0.2, -0.15) is 11.8 Å². The summed E-state index contributed by atoms with van der Waals surface area (Å²) in [6, 6.07) is 17.4. The summed E-state index contributed by atoms with van der Waals surface area (Å²) in [7, 11) is 0. The molecule has 1 aromatic heterocycles. The highest BCUT2D eigenvalue weighted by atomic mass is 32.2. The zero-order valence-electron chi connectivity index (χ0n) is 16.5. The van der Waals surface area contributed by atoms with Gasteiger partial charge in [-0.05, 0) is 35.4 Å². The zero-order valence-corrected chi connectivity index (χ0v) is 17.3. The number of aromatic amines is 1. The van der Waals surface area contributed by atoms with Crippen LogP contribution < -0.4 is 10.9 Å². The number of pyridine rings is 1. The molecule has 150 valence electrons. The topological polar surface area (TPSA) is 65.2 Å². The van der Waals surface area contributed by atoms with E-state index in [2.05, 4.69) is 27.3 Å². The van der Waals surface area contributed by atoms with E-state index in [9.17, 15) is 9.59 Å². The van der Waals surface area contributed by atoms with Crippen molar-refractivity contribution in [2.45, 2.75) is 19.5 Å². The third-order valence-electron chi connectivity index (χ3n) is 5.35. The fourth-order valence-electron chi connectivity index (χ4n) is 3.77. The molecule has 0 radical (unpaired) electrons. The fourth-order valence-corrected chi connectivity index (χ4v) is 4.74. The highest BCUT2D eigenvalue weighted by molar-refractivity contribution is 7.99. The first kappa shape index (κ1) is 19.7. The van der Waals surface area contributed by atoms with Gasteiger partial charge in [0.05, 0.1) is 6.04 Å². The van der Waals surface area contributed by atoms with E-state index in [4.69, 9.17) is 0 Å². The lowest BCUT2D eigenvalue weighted by Gasteiger charge is -2.25. The Kier molecular flexibility index (Phi) is 6.02. The van der Waals surface area contributed by atoms with Gasteiger partial charge >= 0.3 is 0 Å². The molecule has 2 heterocycles. The van der Waals surface area contributed by atoms with Crippen molar-refractivity contribution in [1.29, 1.82) is 0 Å². The predicted octanol–water partition coefficient (Wildman–Crippen LogP) is 3.57. The first-order valence-electron chi connectivity index (χ1n) is 9.92. The molecule has 1 aliphatic heterocycles. The number of amides is 1. The number of hydrogen-bond acceptors (Lipinski definition) is 4. The minimum Gasteiger partial charge on any atom is -0.345 e. The van der Waals surface area contributed by atoms with Crippen LogP contribution in [0.15, 0.2) is 59.4 Å². The Balaban J connectivity index is 1.48. The number of H-pyrrole nitrogens is 1. The molecule has 1 atom stereocenters. The van der Waals surface area contributed by atoms with Crippen molar-refractivity contribution in [1.82, 2.24) is 15.2 Å². The number of rotatable bonds is 5. The number of fused-ring (bicyclic) bond motifs is 1. The Morgan fingerprint density at radius 3 is 2.66 bits per heavy atom. The van der Waals surface area contributed by atoms with E-state index in [0.717, 1.165) is 46.6 Å². The number of aromatic nitrogens is 1. The van der Waals surface area contributed by atoms with Gasteiger partial charge in [0, 0.05) is 36.8 Å². The minimum atomic E-state index is -0.354. The maximum absolute atomic E-state index is 12.7. The smallest absolute Gasteiger partial charge is 0.261 e. The largest absolute Gasteiger partial charge is 0.345 e. The standard InChI is InChI=1S/C23H25N3O2S/c1-16(19-8-4-6-17-5-2-3-7-20(17)19)24-22(27)21-10-9-18(25-23(21)28)15-26-11-13-29-14-12-26/h2-10,16H,11-15H2,1H3,(H,24,27)(H,25,28). The lowest BCUT2D eigenvalue weighted by Crippen LogP contribution is -2.34. The highest BCUT2D eigenvalue weighted by Crippen LogP contribution is 2.24. The maximum atomic E-state index is 12.7. The quantitative estimate of drug-likeness (QED) is 0.679. The van der Waals surface area contributed by atoms with Crippen LogP contribution in [0.5, 0.6) is 0 Å². The number of nitrogens with zero attached hydrogens (tertiary/aromatic N) is 1. The molecule has 0 bridgehead atoms. The van der Waals surface area contributed by atoms with Crippen LogP contribution in [0.2, 0.25) is 0 Å². The number of thioether (sulfide) groups is 1. The molecule has 1 fully saturated rings. The second kappa shape index (κ2) is 8.84. The van der Waals surface area contributed by atoms with E-state index in [1.165, 1.54) is 0 Å². The van der Waals surface area contributed by atoms with Crippen LogP contribution in [0, 0.1) is 0 Å². The van der Waals surface area contributed by atoms with Crippen LogP contribution in [0.3, 0.4) is 0 Å². The van der Waals surface area contributed by atoms with Gasteiger partial charge < -0.3 is 10.3 Å². The molecule has 6 heteroatoms. The summed E-state index contributed by atoms with van der Waals surface area (Å²) in [6.07, 6.45) is 0. The second-order valence-corrected chi connectivity index (χ2v) is 8.60. The molecule has 2 N–H and O–H groups in total. The summed E-state index contributed by atoms with van der Waals surface area (Å²) in [5.74, 6) is 1.89. The number of benzene rings is 2. The molecule has 0 saturated carbocycles. The van der Waals surface area contributed by atoms with Crippen molar-refractivity contribution in [3.63, 3.8) is 0 Å². The van der Waals surface area contributed by atoms with Crippen molar-refractivity contribution in [3.8, 4) is 0 Å². The van der Waals surface area contributed by atoms with E-state index in [1.807, 2.05) is 55.1 Å². The summed E-state index contributed by atoms with van der Waals surface area (Å²) in [5.41, 5.74) is 1.69. The van der Waals surface area contributed by atoms with Gasteiger partial charge in [0.1, 0.15) is 5.56 Å². The fraction of sp³-hybridized carbons (Fsp3) is 0.304. The van der Waals surface area contributed by atoms with Crippen molar-refractivity contribution in [2.24, 2.45) is 0 Å². The summed E-state index contributed by atoms with van der Waals surface area (Å²) < 4.78 is 0. The molecule has 3 aromatic rings. The van der Waals surface area contributed by atoms with Gasteiger partial charge in [0.2, 0.25) is 0 Å². The second-order valence-electron chi connectivity index (χ2n) is 7.38. The average Bonchev–Trinajstić information content (AvgIpc) is 2.74. The monoisotopic (exact) mass is 407 g/mol. The van der Waals surface area contributed by atoms with Crippen molar-refractivity contribution >= 4 is 28.4 Å². The van der Waals surface area contributed by atoms with Gasteiger partial charge in [-0.3, -0.25) is 14.5 Å². The van der Waals surface area contributed by atoms with Gasteiger partial charge in [-0.25, -0.2) is 0 Å². The molecule has 5 nitrogen and oxygen atoms in total. The number of nitrogens with one attached hydrogen (secondary N) is 2. The summed E-state index contributed by atoms with van der Waals surface area (Å²) in [5, 5.41) is 5.21. The third-order valence-corrected chi connectivity index (χ3v) is 6.29. The molecule has 1 saturated heterocycles. The third kappa shape index (κ3) is 4.54. The first-order chi connectivity index (χ1) is 14.1. The Morgan fingerprint density at radius 1 is 1.10 bits per heavy atom. The van der Waals surface area contributed by atoms with Gasteiger partial charge in [0.15, 0.2) is 0 Å². The lowest BCUT2D eigenvalue weighted by molar-refractivity contribution is 0.0938. The summed E-state index contributed by atoms with van der Waals surface area (Å²) in [4.78, 5) is 30.5. The Labute approximate surface area is 174 Å². The molecule has 0 aliphatic carbocycles. The van der Waals surface area contributed by atoms with E-state index >= 15 is 0 Å². The zero-order chi connectivity index (χ0) is 20.2. The van der Waals surface area contributed by atoms with Crippen LogP contribution in [0.1, 0.15) is 34.6 Å². The molecular weight excluding hydrogens is 382 g/mol. The molecule has 0 spiro atoms. The van der Waals surface area contributed by atoms with Crippen LogP contribution in [-0.4, -0.2) is 40.4 Å². The van der Waals surface area contributed by atoms with Crippen LogP contribution >= 0.6 is 11.8 Å².